The van der Waals surface area contributed by atoms with Crippen LogP contribution in [0.25, 0.3) is 0 Å². The quantitative estimate of drug-likeness (QED) is 0.789. The van der Waals surface area contributed by atoms with E-state index in [0.29, 0.717) is 12.2 Å². The normalized spacial score (nSPS) is 12.1. The lowest BCUT2D eigenvalue weighted by Crippen LogP contribution is -2.07. The van der Waals surface area contributed by atoms with Crippen molar-refractivity contribution in [2.75, 3.05) is 0 Å². The summed E-state index contributed by atoms with van der Waals surface area (Å²) in [6, 6.07) is 6.17. The van der Waals surface area contributed by atoms with Crippen molar-refractivity contribution < 1.29 is 5.11 Å². The van der Waals surface area contributed by atoms with Crippen molar-refractivity contribution in [2.45, 2.75) is 59.3 Å². The zero-order valence-corrected chi connectivity index (χ0v) is 12.4. The van der Waals surface area contributed by atoms with E-state index in [1.54, 1.807) is 6.07 Å². The van der Waals surface area contributed by atoms with E-state index in [1.165, 1.54) is 11.1 Å². The zero-order chi connectivity index (χ0) is 14.3. The Morgan fingerprint density at radius 3 is 2.42 bits per heavy atom. The van der Waals surface area contributed by atoms with Crippen molar-refractivity contribution in [3.63, 3.8) is 0 Å². The molecule has 0 radical (unpaired) electrons. The maximum absolute atomic E-state index is 10.1. The molecule has 0 aliphatic rings. The zero-order valence-electron chi connectivity index (χ0n) is 12.4. The molecule has 2 nitrogen and oxygen atoms in total. The second-order valence-corrected chi connectivity index (χ2v) is 5.08. The van der Waals surface area contributed by atoms with Gasteiger partial charge in [-0.05, 0) is 48.4 Å². The lowest BCUT2D eigenvalue weighted by molar-refractivity contribution is 0.458. The van der Waals surface area contributed by atoms with E-state index in [0.717, 1.165) is 37.7 Å². The molecule has 0 heterocycles. The van der Waals surface area contributed by atoms with Crippen LogP contribution in [-0.2, 0) is 19.3 Å². The number of unbranched alkanes of at least 4 members (excludes halogenated alkanes) is 1. The van der Waals surface area contributed by atoms with Crippen molar-refractivity contribution in [1.29, 1.82) is 5.26 Å². The fourth-order valence-electron chi connectivity index (χ4n) is 2.64. The molecule has 1 unspecified atom stereocenters. The average Bonchev–Trinajstić information content (AvgIpc) is 2.44. The van der Waals surface area contributed by atoms with Crippen LogP contribution in [0.4, 0.5) is 0 Å². The molecule has 0 saturated heterocycles. The minimum atomic E-state index is 0.0169. The first-order valence-corrected chi connectivity index (χ1v) is 7.40. The fraction of sp³-hybridized carbons (Fsp3) is 0.588. The van der Waals surface area contributed by atoms with Crippen LogP contribution in [-0.4, -0.2) is 5.11 Å². The molecule has 1 N–H and O–H groups in total. The Morgan fingerprint density at radius 1 is 1.16 bits per heavy atom. The van der Waals surface area contributed by atoms with Crippen LogP contribution in [0.2, 0.25) is 0 Å². The summed E-state index contributed by atoms with van der Waals surface area (Å²) in [4.78, 5) is 0. The van der Waals surface area contributed by atoms with E-state index in [-0.39, 0.29) is 5.92 Å². The molecule has 1 aromatic carbocycles. The Kier molecular flexibility index (Phi) is 6.42. The monoisotopic (exact) mass is 259 g/mol. The van der Waals surface area contributed by atoms with Gasteiger partial charge in [-0.1, -0.05) is 39.7 Å². The summed E-state index contributed by atoms with van der Waals surface area (Å²) in [5.74, 6) is 0.369. The third-order valence-corrected chi connectivity index (χ3v) is 3.78. The molecule has 0 aromatic heterocycles. The molecular weight excluding hydrogens is 234 g/mol. The minimum Gasteiger partial charge on any atom is -0.508 e. The Bertz CT molecular complexity index is 445. The molecule has 0 saturated carbocycles. The van der Waals surface area contributed by atoms with Gasteiger partial charge >= 0.3 is 0 Å². The van der Waals surface area contributed by atoms with Crippen LogP contribution >= 0.6 is 0 Å². The molecule has 1 atom stereocenters. The first-order valence-electron chi connectivity index (χ1n) is 7.40. The third-order valence-electron chi connectivity index (χ3n) is 3.78. The number of aromatic hydroxyl groups is 1. The number of hydrogen-bond donors (Lipinski definition) is 1. The highest BCUT2D eigenvalue weighted by atomic mass is 16.3. The summed E-state index contributed by atoms with van der Waals surface area (Å²) in [6.45, 7) is 6.39. The highest BCUT2D eigenvalue weighted by molar-refractivity contribution is 5.45. The second-order valence-electron chi connectivity index (χ2n) is 5.08. The third kappa shape index (κ3) is 3.99. The molecule has 0 bridgehead atoms. The molecule has 1 aromatic rings. The van der Waals surface area contributed by atoms with Gasteiger partial charge in [-0.3, -0.25) is 0 Å². The maximum atomic E-state index is 10.1. The van der Waals surface area contributed by atoms with Crippen LogP contribution in [0.1, 0.15) is 56.7 Å². The summed E-state index contributed by atoms with van der Waals surface area (Å²) in [5, 5.41) is 19.4. The largest absolute Gasteiger partial charge is 0.508 e. The van der Waals surface area contributed by atoms with Crippen molar-refractivity contribution in [1.82, 2.24) is 0 Å². The number of aryl methyl sites for hydroxylation is 1. The molecular formula is C17H25NO. The first kappa shape index (κ1) is 15.6. The number of phenols is 1. The minimum absolute atomic E-state index is 0.0169. The van der Waals surface area contributed by atoms with E-state index in [4.69, 9.17) is 0 Å². The first-order chi connectivity index (χ1) is 9.17. The Labute approximate surface area is 117 Å². The molecule has 104 valence electrons. The predicted octanol–water partition coefficient (Wildman–Crippen LogP) is 4.39. The molecule has 2 heteroatoms. The molecule has 0 aliphatic heterocycles. The molecule has 1 rings (SSSR count). The van der Waals surface area contributed by atoms with Gasteiger partial charge in [0.2, 0.25) is 0 Å². The lowest BCUT2D eigenvalue weighted by Gasteiger charge is -2.17. The SMILES string of the molecule is CCCCC(C#N)Cc1c(O)ccc(CC)c1CC. The number of benzene rings is 1. The van der Waals surface area contributed by atoms with Gasteiger partial charge in [0.25, 0.3) is 0 Å². The number of nitriles is 1. The molecule has 0 fully saturated rings. The van der Waals surface area contributed by atoms with Crippen LogP contribution in [0, 0.1) is 17.2 Å². The van der Waals surface area contributed by atoms with Crippen LogP contribution in [0.5, 0.6) is 5.75 Å². The molecule has 0 aliphatic carbocycles. The van der Waals surface area contributed by atoms with Gasteiger partial charge in [-0.15, -0.1) is 0 Å². The van der Waals surface area contributed by atoms with Crippen molar-refractivity contribution >= 4 is 0 Å². The summed E-state index contributed by atoms with van der Waals surface area (Å²) >= 11 is 0. The molecule has 19 heavy (non-hydrogen) atoms. The van der Waals surface area contributed by atoms with Crippen molar-refractivity contribution in [3.05, 3.63) is 28.8 Å². The smallest absolute Gasteiger partial charge is 0.119 e. The summed E-state index contributed by atoms with van der Waals surface area (Å²) < 4.78 is 0. The number of phenolic OH excluding ortho intramolecular Hbond substituents is 1. The molecule has 0 spiro atoms. The standard InChI is InChI=1S/C17H25NO/c1-4-7-8-13(12-18)11-16-15(6-3)14(5-2)9-10-17(16)19/h9-10,13,19H,4-8,11H2,1-3H3. The molecule has 0 amide bonds. The highest BCUT2D eigenvalue weighted by Crippen LogP contribution is 2.29. The van der Waals surface area contributed by atoms with Crippen LogP contribution in [0.15, 0.2) is 12.1 Å². The van der Waals surface area contributed by atoms with Crippen molar-refractivity contribution in [2.24, 2.45) is 5.92 Å². The maximum Gasteiger partial charge on any atom is 0.119 e. The van der Waals surface area contributed by atoms with Crippen LogP contribution in [0.3, 0.4) is 0 Å². The number of nitrogens with zero attached hydrogens (tertiary/aromatic N) is 1. The van der Waals surface area contributed by atoms with Gasteiger partial charge in [0.1, 0.15) is 5.75 Å². The number of hydrogen-bond acceptors (Lipinski definition) is 2. The lowest BCUT2D eigenvalue weighted by atomic mass is 9.88. The predicted molar refractivity (Wildman–Crippen MR) is 79.2 cm³/mol. The summed E-state index contributed by atoms with van der Waals surface area (Å²) in [5.41, 5.74) is 3.52. The summed E-state index contributed by atoms with van der Waals surface area (Å²) in [6.07, 6.45) is 5.68. The van der Waals surface area contributed by atoms with Crippen LogP contribution < -0.4 is 0 Å². The van der Waals surface area contributed by atoms with Gasteiger partial charge in [-0.2, -0.15) is 5.26 Å². The number of rotatable bonds is 7. The van der Waals surface area contributed by atoms with E-state index >= 15 is 0 Å². The van der Waals surface area contributed by atoms with Gasteiger partial charge in [0, 0.05) is 0 Å². The van der Waals surface area contributed by atoms with Gasteiger partial charge in [0.15, 0.2) is 0 Å². The Morgan fingerprint density at radius 2 is 1.89 bits per heavy atom. The van der Waals surface area contributed by atoms with Gasteiger partial charge < -0.3 is 5.11 Å². The topological polar surface area (TPSA) is 44.0 Å². The average molecular weight is 259 g/mol. The van der Waals surface area contributed by atoms with Gasteiger partial charge in [-0.25, -0.2) is 0 Å². The Hall–Kier alpha value is -1.49. The van der Waals surface area contributed by atoms with E-state index in [1.807, 2.05) is 6.07 Å². The van der Waals surface area contributed by atoms with E-state index < -0.39 is 0 Å². The van der Waals surface area contributed by atoms with E-state index in [2.05, 4.69) is 26.8 Å². The second kappa shape index (κ2) is 7.84. The highest BCUT2D eigenvalue weighted by Gasteiger charge is 2.16. The van der Waals surface area contributed by atoms with Gasteiger partial charge in [0.05, 0.1) is 12.0 Å². The Balaban J connectivity index is 3.01. The fourth-order valence-corrected chi connectivity index (χ4v) is 2.64. The van der Waals surface area contributed by atoms with Crippen molar-refractivity contribution in [3.8, 4) is 11.8 Å². The summed E-state index contributed by atoms with van der Waals surface area (Å²) in [7, 11) is 0. The van der Waals surface area contributed by atoms with E-state index in [9.17, 15) is 10.4 Å².